The molecule has 2 aromatic carbocycles. The minimum absolute atomic E-state index is 0.0449. The molecule has 1 fully saturated rings. The van der Waals surface area contributed by atoms with Crippen molar-refractivity contribution in [1.29, 1.82) is 0 Å². The van der Waals surface area contributed by atoms with Crippen LogP contribution in [0.25, 0.3) is 11.1 Å². The van der Waals surface area contributed by atoms with Gasteiger partial charge in [-0.15, -0.1) is 0 Å². The van der Waals surface area contributed by atoms with E-state index in [-0.39, 0.29) is 12.2 Å². The average molecular weight is 312 g/mol. The molecular weight excluding hydrogens is 286 g/mol. The zero-order valence-electron chi connectivity index (χ0n) is 14.2. The second-order valence-electron chi connectivity index (χ2n) is 7.24. The van der Waals surface area contributed by atoms with E-state index in [4.69, 9.17) is 9.47 Å². The van der Waals surface area contributed by atoms with Gasteiger partial charge in [-0.1, -0.05) is 54.6 Å². The summed E-state index contributed by atoms with van der Waals surface area (Å²) in [5.74, 6) is 0. The maximum absolute atomic E-state index is 6.03. The zero-order valence-corrected chi connectivity index (χ0v) is 14.2. The minimum Gasteiger partial charge on any atom is -0.368 e. The Hall–Kier alpha value is -1.68. The fourth-order valence-corrected chi connectivity index (χ4v) is 2.97. The summed E-state index contributed by atoms with van der Waals surface area (Å²) in [5, 5.41) is 0. The summed E-state index contributed by atoms with van der Waals surface area (Å²) in [4.78, 5) is 0. The van der Waals surface area contributed by atoms with Crippen LogP contribution in [0.3, 0.4) is 0 Å². The number of benzene rings is 2. The molecule has 3 rings (SSSR count). The van der Waals surface area contributed by atoms with Gasteiger partial charge in [0.25, 0.3) is 0 Å². The van der Waals surface area contributed by atoms with Crippen LogP contribution in [0, 0.1) is 0 Å². The van der Waals surface area contributed by atoms with E-state index >= 15 is 0 Å². The van der Waals surface area contributed by atoms with Crippen molar-refractivity contribution in [3.8, 4) is 11.1 Å². The summed E-state index contributed by atoms with van der Waals surface area (Å²) < 4.78 is 12.9. The summed E-state index contributed by atoms with van der Waals surface area (Å²) in [6.45, 7) is 2.27. The Morgan fingerprint density at radius 2 is 1.48 bits per heavy atom. The number of nitrogens with zero attached hydrogens (tertiary/aromatic N) is 1. The number of hydrogen-bond acceptors (Lipinski definition) is 2. The number of likely N-dealkylation sites (N-methyl/N-ethyl adjacent to an activating group) is 1. The predicted molar refractivity (Wildman–Crippen MR) is 93.2 cm³/mol. The van der Waals surface area contributed by atoms with E-state index in [0.717, 1.165) is 11.0 Å². The lowest BCUT2D eigenvalue weighted by Crippen LogP contribution is -2.46. The van der Waals surface area contributed by atoms with E-state index in [1.54, 1.807) is 0 Å². The molecular formula is C20H26NO2+. The molecule has 0 spiro atoms. The molecule has 0 aliphatic carbocycles. The van der Waals surface area contributed by atoms with E-state index in [1.807, 2.05) is 6.07 Å². The summed E-state index contributed by atoms with van der Waals surface area (Å²) in [5.41, 5.74) is 3.66. The first-order valence-corrected chi connectivity index (χ1v) is 8.20. The molecule has 0 bridgehead atoms. The van der Waals surface area contributed by atoms with Gasteiger partial charge in [0.05, 0.1) is 34.4 Å². The molecule has 122 valence electrons. The molecule has 0 aromatic heterocycles. The molecule has 1 aliphatic rings. The molecule has 3 heteroatoms. The van der Waals surface area contributed by atoms with Crippen LogP contribution in [0.5, 0.6) is 0 Å². The van der Waals surface area contributed by atoms with Gasteiger partial charge in [-0.05, 0) is 16.7 Å². The highest BCUT2D eigenvalue weighted by molar-refractivity contribution is 5.63. The third kappa shape index (κ3) is 4.41. The van der Waals surface area contributed by atoms with Crippen molar-refractivity contribution in [2.45, 2.75) is 12.2 Å². The smallest absolute Gasteiger partial charge is 0.130 e. The minimum atomic E-state index is 0.0449. The van der Waals surface area contributed by atoms with Crippen LogP contribution >= 0.6 is 0 Å². The van der Waals surface area contributed by atoms with E-state index < -0.39 is 0 Å². The molecule has 2 aromatic rings. The fraction of sp³-hybridized carbons (Fsp3) is 0.400. The Bertz CT molecular complexity index is 608. The van der Waals surface area contributed by atoms with E-state index in [9.17, 15) is 0 Å². The Labute approximate surface area is 139 Å². The first kappa shape index (κ1) is 16.2. The third-order valence-corrected chi connectivity index (χ3v) is 4.11. The van der Waals surface area contributed by atoms with Crippen LogP contribution in [-0.2, 0) is 9.47 Å². The van der Waals surface area contributed by atoms with Crippen molar-refractivity contribution in [3.05, 3.63) is 60.2 Å². The van der Waals surface area contributed by atoms with Crippen molar-refractivity contribution in [2.24, 2.45) is 0 Å². The van der Waals surface area contributed by atoms with Crippen LogP contribution in [0.1, 0.15) is 11.7 Å². The van der Waals surface area contributed by atoms with Crippen LogP contribution < -0.4 is 0 Å². The maximum atomic E-state index is 6.03. The SMILES string of the molecule is C[N+](C)(C)C[C@@H]1CO[C@H](c2ccc(-c3ccccc3)cc2)CO1. The molecule has 0 saturated carbocycles. The Balaban J connectivity index is 1.61. The van der Waals surface area contributed by atoms with E-state index in [0.29, 0.717) is 13.2 Å². The quantitative estimate of drug-likeness (QED) is 0.804. The van der Waals surface area contributed by atoms with Gasteiger partial charge in [0.1, 0.15) is 18.8 Å². The predicted octanol–water partition coefficient (Wildman–Crippen LogP) is 3.52. The molecule has 23 heavy (non-hydrogen) atoms. The van der Waals surface area contributed by atoms with Crippen molar-refractivity contribution in [1.82, 2.24) is 0 Å². The van der Waals surface area contributed by atoms with Crippen LogP contribution in [0.4, 0.5) is 0 Å². The fourth-order valence-electron chi connectivity index (χ4n) is 2.97. The summed E-state index contributed by atoms with van der Waals surface area (Å²) in [6.07, 6.45) is 0.235. The van der Waals surface area contributed by atoms with Crippen LogP contribution in [0.2, 0.25) is 0 Å². The molecule has 0 amide bonds. The van der Waals surface area contributed by atoms with Gasteiger partial charge in [-0.2, -0.15) is 0 Å². The third-order valence-electron chi connectivity index (χ3n) is 4.11. The first-order chi connectivity index (χ1) is 11.0. The molecule has 0 N–H and O–H groups in total. The van der Waals surface area contributed by atoms with Crippen molar-refractivity contribution in [2.75, 3.05) is 40.9 Å². The van der Waals surface area contributed by atoms with Gasteiger partial charge in [0.15, 0.2) is 0 Å². The van der Waals surface area contributed by atoms with Gasteiger partial charge in [0.2, 0.25) is 0 Å². The summed E-state index contributed by atoms with van der Waals surface area (Å²) in [6, 6.07) is 19.0. The Morgan fingerprint density at radius 1 is 0.826 bits per heavy atom. The largest absolute Gasteiger partial charge is 0.368 e. The molecule has 1 heterocycles. The van der Waals surface area contributed by atoms with Crippen molar-refractivity contribution < 1.29 is 14.0 Å². The lowest BCUT2D eigenvalue weighted by Gasteiger charge is -2.34. The topological polar surface area (TPSA) is 18.5 Å². The van der Waals surface area contributed by atoms with Gasteiger partial charge in [0, 0.05) is 0 Å². The molecule has 3 nitrogen and oxygen atoms in total. The zero-order chi connectivity index (χ0) is 16.3. The van der Waals surface area contributed by atoms with E-state index in [2.05, 4.69) is 69.7 Å². The lowest BCUT2D eigenvalue weighted by atomic mass is 10.0. The molecule has 0 unspecified atom stereocenters. The molecule has 1 saturated heterocycles. The van der Waals surface area contributed by atoms with Crippen LogP contribution in [-0.4, -0.2) is 51.5 Å². The van der Waals surface area contributed by atoms with Crippen molar-refractivity contribution in [3.63, 3.8) is 0 Å². The van der Waals surface area contributed by atoms with Crippen molar-refractivity contribution >= 4 is 0 Å². The average Bonchev–Trinajstić information content (AvgIpc) is 2.55. The second-order valence-corrected chi connectivity index (χ2v) is 7.24. The van der Waals surface area contributed by atoms with E-state index in [1.165, 1.54) is 16.7 Å². The first-order valence-electron chi connectivity index (χ1n) is 8.20. The van der Waals surface area contributed by atoms with Crippen LogP contribution in [0.15, 0.2) is 54.6 Å². The number of rotatable bonds is 4. The highest BCUT2D eigenvalue weighted by Gasteiger charge is 2.27. The van der Waals surface area contributed by atoms with Gasteiger partial charge in [-0.3, -0.25) is 0 Å². The number of ether oxygens (including phenoxy) is 2. The molecule has 2 atom stereocenters. The summed E-state index contributed by atoms with van der Waals surface area (Å²) in [7, 11) is 6.53. The monoisotopic (exact) mass is 312 g/mol. The van der Waals surface area contributed by atoms with Gasteiger partial charge < -0.3 is 14.0 Å². The number of hydrogen-bond donors (Lipinski definition) is 0. The Kier molecular flexibility index (Phi) is 4.81. The number of quaternary nitrogens is 1. The highest BCUT2D eigenvalue weighted by Crippen LogP contribution is 2.26. The lowest BCUT2D eigenvalue weighted by molar-refractivity contribution is -0.874. The van der Waals surface area contributed by atoms with Gasteiger partial charge >= 0.3 is 0 Å². The molecule has 1 aliphatic heterocycles. The molecule has 0 radical (unpaired) electrons. The standard InChI is InChI=1S/C20H26NO2/c1-21(2,3)13-19-14-23-20(15-22-19)18-11-9-17(10-12-18)16-7-5-4-6-8-16/h4-12,19-20H,13-15H2,1-3H3/q+1/t19-,20+/m1/s1. The summed E-state index contributed by atoms with van der Waals surface area (Å²) >= 11 is 0. The second kappa shape index (κ2) is 6.83. The maximum Gasteiger partial charge on any atom is 0.130 e. The normalized spacial score (nSPS) is 22.0. The van der Waals surface area contributed by atoms with Gasteiger partial charge in [-0.25, -0.2) is 0 Å². The Morgan fingerprint density at radius 3 is 2.04 bits per heavy atom. The highest BCUT2D eigenvalue weighted by atomic mass is 16.6.